The minimum atomic E-state index is -0.170. The maximum atomic E-state index is 13.5. The highest BCUT2D eigenvalue weighted by Gasteiger charge is 2.44. The van der Waals surface area contributed by atoms with Gasteiger partial charge in [-0.1, -0.05) is 19.1 Å². The molecule has 4 nitrogen and oxygen atoms in total. The molecule has 0 amide bonds. The summed E-state index contributed by atoms with van der Waals surface area (Å²) in [5.74, 6) is 0.584. The lowest BCUT2D eigenvalue weighted by atomic mass is 9.96. The van der Waals surface area contributed by atoms with E-state index < -0.39 is 0 Å². The summed E-state index contributed by atoms with van der Waals surface area (Å²) < 4.78 is 13.5. The van der Waals surface area contributed by atoms with Crippen molar-refractivity contribution in [1.29, 1.82) is 0 Å². The zero-order chi connectivity index (χ0) is 17.0. The number of halogens is 2. The first-order valence-corrected chi connectivity index (χ1v) is 9.17. The molecule has 0 bridgehead atoms. The zero-order valence-corrected chi connectivity index (χ0v) is 17.7. The van der Waals surface area contributed by atoms with E-state index in [0.717, 1.165) is 48.0 Å². The van der Waals surface area contributed by atoms with Crippen molar-refractivity contribution in [2.24, 2.45) is 4.99 Å². The molecule has 1 heterocycles. The van der Waals surface area contributed by atoms with E-state index in [1.54, 1.807) is 30.5 Å². The SMILES string of the molecule is CCc1nc(CNC(=NC)NCC2(c3cccc(F)c3)CC2)cs1.I. The molecule has 1 fully saturated rings. The predicted molar refractivity (Wildman–Crippen MR) is 112 cm³/mol. The molecule has 0 spiro atoms. The summed E-state index contributed by atoms with van der Waals surface area (Å²) in [5, 5.41) is 9.90. The number of nitrogens with zero attached hydrogens (tertiary/aromatic N) is 2. The van der Waals surface area contributed by atoms with Gasteiger partial charge in [-0.3, -0.25) is 4.99 Å². The first kappa shape index (κ1) is 20.1. The molecule has 0 radical (unpaired) electrons. The van der Waals surface area contributed by atoms with Crippen molar-refractivity contribution >= 4 is 41.3 Å². The van der Waals surface area contributed by atoms with Crippen LogP contribution in [0.5, 0.6) is 0 Å². The Morgan fingerprint density at radius 2 is 2.16 bits per heavy atom. The fourth-order valence-electron chi connectivity index (χ4n) is 2.78. The van der Waals surface area contributed by atoms with Crippen LogP contribution >= 0.6 is 35.3 Å². The molecule has 136 valence electrons. The second-order valence-electron chi connectivity index (χ2n) is 6.16. The number of thiazole rings is 1. The summed E-state index contributed by atoms with van der Waals surface area (Å²) in [6, 6.07) is 6.93. The van der Waals surface area contributed by atoms with E-state index in [-0.39, 0.29) is 35.2 Å². The van der Waals surface area contributed by atoms with E-state index in [1.165, 1.54) is 6.07 Å². The molecule has 0 aliphatic heterocycles. The van der Waals surface area contributed by atoms with E-state index >= 15 is 0 Å². The predicted octanol–water partition coefficient (Wildman–Crippen LogP) is 3.86. The molecular formula is C18H24FIN4S. The summed E-state index contributed by atoms with van der Waals surface area (Å²) in [6.45, 7) is 3.52. The Labute approximate surface area is 169 Å². The van der Waals surface area contributed by atoms with E-state index in [4.69, 9.17) is 0 Å². The summed E-state index contributed by atoms with van der Waals surface area (Å²) >= 11 is 1.69. The maximum absolute atomic E-state index is 13.5. The minimum absolute atomic E-state index is 0. The van der Waals surface area contributed by atoms with Crippen molar-refractivity contribution in [3.8, 4) is 0 Å². The van der Waals surface area contributed by atoms with Crippen LogP contribution in [0.2, 0.25) is 0 Å². The van der Waals surface area contributed by atoms with Crippen LogP contribution in [-0.2, 0) is 18.4 Å². The Morgan fingerprint density at radius 3 is 2.76 bits per heavy atom. The number of nitrogens with one attached hydrogen (secondary N) is 2. The molecule has 0 saturated heterocycles. The second kappa shape index (κ2) is 8.93. The molecule has 0 unspecified atom stereocenters. The van der Waals surface area contributed by atoms with E-state index in [2.05, 4.69) is 32.9 Å². The van der Waals surface area contributed by atoms with Gasteiger partial charge in [-0.15, -0.1) is 35.3 Å². The normalized spacial score (nSPS) is 15.4. The topological polar surface area (TPSA) is 49.3 Å². The highest BCUT2D eigenvalue weighted by Crippen LogP contribution is 2.47. The van der Waals surface area contributed by atoms with Crippen molar-refractivity contribution in [1.82, 2.24) is 15.6 Å². The third kappa shape index (κ3) is 5.13. The molecule has 3 rings (SSSR count). The molecule has 1 aliphatic carbocycles. The van der Waals surface area contributed by atoms with Crippen LogP contribution in [0.4, 0.5) is 4.39 Å². The van der Waals surface area contributed by atoms with Gasteiger partial charge in [0.05, 0.1) is 17.2 Å². The second-order valence-corrected chi connectivity index (χ2v) is 7.10. The zero-order valence-electron chi connectivity index (χ0n) is 14.5. The van der Waals surface area contributed by atoms with Crippen LogP contribution in [0.25, 0.3) is 0 Å². The number of hydrogen-bond donors (Lipinski definition) is 2. The molecule has 1 aromatic carbocycles. The van der Waals surface area contributed by atoms with Gasteiger partial charge in [0.1, 0.15) is 5.82 Å². The van der Waals surface area contributed by atoms with Gasteiger partial charge >= 0.3 is 0 Å². The Hall–Kier alpha value is -1.22. The van der Waals surface area contributed by atoms with Gasteiger partial charge in [-0.2, -0.15) is 0 Å². The number of benzene rings is 1. The average Bonchev–Trinajstić information content (AvgIpc) is 3.25. The molecule has 1 saturated carbocycles. The highest BCUT2D eigenvalue weighted by atomic mass is 127. The lowest BCUT2D eigenvalue weighted by Crippen LogP contribution is -2.41. The van der Waals surface area contributed by atoms with E-state index in [0.29, 0.717) is 6.54 Å². The first-order valence-electron chi connectivity index (χ1n) is 8.29. The molecular weight excluding hydrogens is 450 g/mol. The average molecular weight is 474 g/mol. The molecule has 2 aromatic rings. The monoisotopic (exact) mass is 474 g/mol. The van der Waals surface area contributed by atoms with Crippen LogP contribution < -0.4 is 10.6 Å². The summed E-state index contributed by atoms with van der Waals surface area (Å²) in [6.07, 6.45) is 3.12. The van der Waals surface area contributed by atoms with Crippen LogP contribution in [0.1, 0.15) is 36.0 Å². The Balaban J connectivity index is 0.00000225. The smallest absolute Gasteiger partial charge is 0.191 e. The first-order chi connectivity index (χ1) is 11.6. The van der Waals surface area contributed by atoms with Gasteiger partial charge in [-0.25, -0.2) is 9.37 Å². The Morgan fingerprint density at radius 1 is 1.36 bits per heavy atom. The van der Waals surface area contributed by atoms with Gasteiger partial charge in [0.15, 0.2) is 5.96 Å². The number of rotatable bonds is 6. The third-order valence-corrected chi connectivity index (χ3v) is 5.49. The number of aryl methyl sites for hydroxylation is 1. The number of aliphatic imine (C=N–C) groups is 1. The largest absolute Gasteiger partial charge is 0.356 e. The molecule has 0 atom stereocenters. The standard InChI is InChI=1S/C18H23FN4S.HI/c1-3-16-23-15(11-24-16)10-21-17(20-2)22-12-18(7-8-18)13-5-4-6-14(19)9-13;/h4-6,9,11H,3,7-8,10,12H2,1-2H3,(H2,20,21,22);1H. The highest BCUT2D eigenvalue weighted by molar-refractivity contribution is 14.0. The maximum Gasteiger partial charge on any atom is 0.191 e. The summed E-state index contributed by atoms with van der Waals surface area (Å²) in [7, 11) is 1.76. The molecule has 2 N–H and O–H groups in total. The van der Waals surface area contributed by atoms with E-state index in [9.17, 15) is 4.39 Å². The Kier molecular flexibility index (Phi) is 7.18. The quantitative estimate of drug-likeness (QED) is 0.380. The third-order valence-electron chi connectivity index (χ3n) is 4.45. The Bertz CT molecular complexity index is 727. The lowest BCUT2D eigenvalue weighted by molar-refractivity contribution is 0.607. The van der Waals surface area contributed by atoms with Crippen molar-refractivity contribution in [3.05, 3.63) is 51.7 Å². The molecule has 7 heteroatoms. The van der Waals surface area contributed by atoms with Gasteiger partial charge in [-0.05, 0) is 37.0 Å². The molecule has 1 aliphatic rings. The number of guanidine groups is 1. The van der Waals surface area contributed by atoms with Crippen LogP contribution in [0.15, 0.2) is 34.6 Å². The van der Waals surface area contributed by atoms with Gasteiger partial charge in [0.2, 0.25) is 0 Å². The van der Waals surface area contributed by atoms with Gasteiger partial charge in [0, 0.05) is 24.4 Å². The van der Waals surface area contributed by atoms with Crippen molar-refractivity contribution in [3.63, 3.8) is 0 Å². The fourth-order valence-corrected chi connectivity index (χ4v) is 3.52. The van der Waals surface area contributed by atoms with Crippen LogP contribution in [0.3, 0.4) is 0 Å². The lowest BCUT2D eigenvalue weighted by Gasteiger charge is -2.19. The van der Waals surface area contributed by atoms with Crippen LogP contribution in [0, 0.1) is 5.82 Å². The summed E-state index contributed by atoms with van der Waals surface area (Å²) in [5.41, 5.74) is 2.14. The number of hydrogen-bond acceptors (Lipinski definition) is 3. The van der Waals surface area contributed by atoms with Crippen LogP contribution in [-0.4, -0.2) is 24.5 Å². The van der Waals surface area contributed by atoms with Gasteiger partial charge in [0.25, 0.3) is 0 Å². The van der Waals surface area contributed by atoms with E-state index in [1.807, 2.05) is 6.07 Å². The minimum Gasteiger partial charge on any atom is -0.356 e. The molecule has 25 heavy (non-hydrogen) atoms. The van der Waals surface area contributed by atoms with Crippen molar-refractivity contribution in [2.75, 3.05) is 13.6 Å². The van der Waals surface area contributed by atoms with Crippen molar-refractivity contribution < 1.29 is 4.39 Å². The van der Waals surface area contributed by atoms with Crippen molar-refractivity contribution in [2.45, 2.75) is 38.1 Å². The summed E-state index contributed by atoms with van der Waals surface area (Å²) in [4.78, 5) is 8.81. The van der Waals surface area contributed by atoms with Gasteiger partial charge < -0.3 is 10.6 Å². The number of aromatic nitrogens is 1. The molecule has 1 aromatic heterocycles. The fraction of sp³-hybridized carbons (Fsp3) is 0.444.